The molecule has 1 aliphatic heterocycles. The fourth-order valence-corrected chi connectivity index (χ4v) is 3.93. The molecule has 0 bridgehead atoms. The predicted molar refractivity (Wildman–Crippen MR) is 101 cm³/mol. The van der Waals surface area contributed by atoms with Crippen LogP contribution in [-0.2, 0) is 28.6 Å². The van der Waals surface area contributed by atoms with E-state index in [1.54, 1.807) is 20.8 Å². The molecule has 0 radical (unpaired) electrons. The molecule has 2 unspecified atom stereocenters. The number of rotatable bonds is 7. The maximum atomic E-state index is 13.2. The first kappa shape index (κ1) is 22.6. The lowest BCUT2D eigenvalue weighted by molar-refractivity contribution is -0.199. The highest BCUT2D eigenvalue weighted by Gasteiger charge is 2.60. The topological polar surface area (TPSA) is 99.1 Å². The fourth-order valence-electron chi connectivity index (χ4n) is 3.93. The minimum atomic E-state index is -1.97. The summed E-state index contributed by atoms with van der Waals surface area (Å²) in [6.45, 7) is 10.8. The quantitative estimate of drug-likeness (QED) is 0.520. The third-order valence-corrected chi connectivity index (χ3v) is 6.32. The zero-order valence-corrected chi connectivity index (χ0v) is 17.4. The highest BCUT2D eigenvalue weighted by molar-refractivity contribution is 5.92. The van der Waals surface area contributed by atoms with Crippen LogP contribution in [0.1, 0.15) is 53.4 Å². The van der Waals surface area contributed by atoms with Crippen LogP contribution < -0.4 is 0 Å². The van der Waals surface area contributed by atoms with Gasteiger partial charge < -0.3 is 19.3 Å². The van der Waals surface area contributed by atoms with Crippen molar-refractivity contribution in [3.63, 3.8) is 0 Å². The van der Waals surface area contributed by atoms with E-state index < -0.39 is 59.4 Å². The molecule has 28 heavy (non-hydrogen) atoms. The van der Waals surface area contributed by atoms with Gasteiger partial charge in [0.15, 0.2) is 17.5 Å². The Labute approximate surface area is 166 Å². The summed E-state index contributed by atoms with van der Waals surface area (Å²) in [5.41, 5.74) is -1.68. The second kappa shape index (κ2) is 8.74. The summed E-state index contributed by atoms with van der Waals surface area (Å²) in [6, 6.07) is 0. The molecule has 1 aliphatic carbocycles. The highest BCUT2D eigenvalue weighted by atomic mass is 16.6. The van der Waals surface area contributed by atoms with Crippen LogP contribution in [-0.4, -0.2) is 53.9 Å². The molecule has 0 amide bonds. The molecule has 0 aromatic rings. The Morgan fingerprint density at radius 3 is 2.57 bits per heavy atom. The number of fused-ring (bicyclic) bond motifs is 1. The lowest BCUT2D eigenvalue weighted by atomic mass is 9.76. The number of hydrogen-bond acceptors (Lipinski definition) is 7. The maximum Gasteiger partial charge on any atom is 0.334 e. The van der Waals surface area contributed by atoms with Crippen LogP contribution in [0.3, 0.4) is 0 Å². The summed E-state index contributed by atoms with van der Waals surface area (Å²) in [4.78, 5) is 37.8. The zero-order valence-electron chi connectivity index (χ0n) is 17.4. The molecule has 1 N–H and O–H groups in total. The first-order chi connectivity index (χ1) is 13.1. The van der Waals surface area contributed by atoms with E-state index in [0.717, 1.165) is 0 Å². The smallest absolute Gasteiger partial charge is 0.334 e. The monoisotopic (exact) mass is 396 g/mol. The van der Waals surface area contributed by atoms with E-state index in [9.17, 15) is 19.5 Å². The van der Waals surface area contributed by atoms with Crippen molar-refractivity contribution in [2.75, 3.05) is 7.11 Å². The van der Waals surface area contributed by atoms with Crippen molar-refractivity contribution >= 4 is 17.7 Å². The minimum absolute atomic E-state index is 0.0407. The van der Waals surface area contributed by atoms with Crippen LogP contribution in [0.5, 0.6) is 0 Å². The van der Waals surface area contributed by atoms with Gasteiger partial charge in [-0.3, -0.25) is 9.59 Å². The molecule has 2 fully saturated rings. The normalized spacial score (nSPS) is 34.8. The number of esters is 2. The first-order valence-electron chi connectivity index (χ1n) is 9.96. The maximum absolute atomic E-state index is 13.2. The van der Waals surface area contributed by atoms with Crippen molar-refractivity contribution in [3.05, 3.63) is 12.2 Å². The number of ketones is 1. The molecule has 158 valence electrons. The van der Waals surface area contributed by atoms with Crippen LogP contribution in [0.15, 0.2) is 12.2 Å². The molecule has 0 aromatic heterocycles. The van der Waals surface area contributed by atoms with Crippen LogP contribution in [0.25, 0.3) is 0 Å². The summed E-state index contributed by atoms with van der Waals surface area (Å²) < 4.78 is 16.3. The Morgan fingerprint density at radius 2 is 2.00 bits per heavy atom. The van der Waals surface area contributed by atoms with Crippen LogP contribution in [0.2, 0.25) is 0 Å². The lowest BCUT2D eigenvalue weighted by Crippen LogP contribution is -2.60. The number of carbonyl (C=O) groups excluding carboxylic acids is 3. The summed E-state index contributed by atoms with van der Waals surface area (Å²) in [7, 11) is 1.48. The van der Waals surface area contributed by atoms with Gasteiger partial charge in [0.25, 0.3) is 0 Å². The molecule has 7 nitrogen and oxygen atoms in total. The molecular formula is C21H32O7. The number of Topliss-reactive ketones (excluding diaryl/α,β-unsaturated/α-hetero) is 1. The first-order valence-corrected chi connectivity index (χ1v) is 9.96. The lowest BCUT2D eigenvalue weighted by Gasteiger charge is -2.40. The number of ether oxygens (including phenoxy) is 3. The van der Waals surface area contributed by atoms with E-state index in [1.165, 1.54) is 7.11 Å². The van der Waals surface area contributed by atoms with Gasteiger partial charge in [0.1, 0.15) is 6.10 Å². The number of carbonyl (C=O) groups is 3. The molecule has 7 heteroatoms. The minimum Gasteiger partial charge on any atom is -0.455 e. The van der Waals surface area contributed by atoms with Crippen molar-refractivity contribution in [1.29, 1.82) is 0 Å². The van der Waals surface area contributed by atoms with E-state index in [2.05, 4.69) is 6.58 Å². The second-order valence-electron chi connectivity index (χ2n) is 8.15. The number of aliphatic hydroxyl groups is 1. The summed E-state index contributed by atoms with van der Waals surface area (Å²) in [5.74, 6) is -2.88. The molecule has 2 aliphatic rings. The Bertz CT molecular complexity index is 643. The predicted octanol–water partition coefficient (Wildman–Crippen LogP) is 2.20. The number of hydrogen-bond donors (Lipinski definition) is 1. The summed E-state index contributed by atoms with van der Waals surface area (Å²) in [6.07, 6.45) is -1.12. The Hall–Kier alpha value is -1.73. The fraction of sp³-hybridized carbons (Fsp3) is 0.762. The van der Waals surface area contributed by atoms with Gasteiger partial charge >= 0.3 is 11.9 Å². The van der Waals surface area contributed by atoms with Crippen molar-refractivity contribution in [2.24, 2.45) is 17.8 Å². The molecule has 1 saturated heterocycles. The van der Waals surface area contributed by atoms with E-state index in [4.69, 9.17) is 14.2 Å². The van der Waals surface area contributed by atoms with Crippen LogP contribution in [0.4, 0.5) is 0 Å². The van der Waals surface area contributed by atoms with Crippen LogP contribution in [0, 0.1) is 17.8 Å². The second-order valence-corrected chi connectivity index (χ2v) is 8.15. The Morgan fingerprint density at radius 1 is 1.36 bits per heavy atom. The SMILES string of the molecule is C=C1C(=O)O[C@@H]2[C@H]1CC[C@H](C)[C@@](O)(C(=O)CC(C)OC)[C@H]2OC(=O)C(C)CC. The van der Waals surface area contributed by atoms with Gasteiger partial charge in [-0.1, -0.05) is 27.4 Å². The summed E-state index contributed by atoms with van der Waals surface area (Å²) in [5, 5.41) is 11.6. The van der Waals surface area contributed by atoms with Gasteiger partial charge in [-0.25, -0.2) is 4.79 Å². The molecule has 1 heterocycles. The Kier molecular flexibility index (Phi) is 7.04. The van der Waals surface area contributed by atoms with E-state index in [-0.39, 0.29) is 6.42 Å². The largest absolute Gasteiger partial charge is 0.455 e. The molecule has 0 aromatic carbocycles. The molecular weight excluding hydrogens is 364 g/mol. The molecule has 1 saturated carbocycles. The van der Waals surface area contributed by atoms with E-state index in [1.807, 2.05) is 6.92 Å². The average molecular weight is 396 g/mol. The molecule has 2 rings (SSSR count). The summed E-state index contributed by atoms with van der Waals surface area (Å²) >= 11 is 0. The van der Waals surface area contributed by atoms with Crippen LogP contribution >= 0.6 is 0 Å². The van der Waals surface area contributed by atoms with Gasteiger partial charge in [0.2, 0.25) is 0 Å². The van der Waals surface area contributed by atoms with Gasteiger partial charge in [-0.2, -0.15) is 0 Å². The number of methoxy groups -OCH3 is 1. The third kappa shape index (κ3) is 4.01. The standard InChI is InChI=1S/C21H32O7/c1-7-11(2)19(23)28-18-17-15(14(5)20(24)27-17)9-8-12(3)21(18,25)16(22)10-13(4)26-6/h11-13,15,17-18,25H,5,7-10H2,1-4,6H3/t11?,12-,13?,15-,17+,18-,21+/m0/s1. The Balaban J connectivity index is 2.47. The molecule has 7 atom stereocenters. The van der Waals surface area contributed by atoms with Gasteiger partial charge in [-0.15, -0.1) is 0 Å². The van der Waals surface area contributed by atoms with E-state index in [0.29, 0.717) is 24.8 Å². The van der Waals surface area contributed by atoms with Crippen molar-refractivity contribution in [1.82, 2.24) is 0 Å². The van der Waals surface area contributed by atoms with Crippen molar-refractivity contribution in [3.8, 4) is 0 Å². The van der Waals surface area contributed by atoms with Gasteiger partial charge in [-0.05, 0) is 32.1 Å². The van der Waals surface area contributed by atoms with Crippen molar-refractivity contribution in [2.45, 2.75) is 77.3 Å². The van der Waals surface area contributed by atoms with E-state index >= 15 is 0 Å². The van der Waals surface area contributed by atoms with Gasteiger partial charge in [0, 0.05) is 25.0 Å². The molecule has 0 spiro atoms. The average Bonchev–Trinajstić information content (AvgIpc) is 2.90. The third-order valence-electron chi connectivity index (χ3n) is 6.32. The van der Waals surface area contributed by atoms with Gasteiger partial charge in [0.05, 0.1) is 12.0 Å². The highest BCUT2D eigenvalue weighted by Crippen LogP contribution is 2.45. The van der Waals surface area contributed by atoms with Crippen molar-refractivity contribution < 1.29 is 33.7 Å². The zero-order chi connectivity index (χ0) is 21.2.